The highest BCUT2D eigenvalue weighted by Crippen LogP contribution is 2.27. The summed E-state index contributed by atoms with van der Waals surface area (Å²) in [6.07, 6.45) is 2.34. The molecule has 1 aromatic rings. The molecule has 0 radical (unpaired) electrons. The van der Waals surface area contributed by atoms with E-state index in [-0.39, 0.29) is 42.8 Å². The number of carbonyl (C=O) groups excluding carboxylic acids is 1. The molecule has 0 bridgehead atoms. The van der Waals surface area contributed by atoms with E-state index in [9.17, 15) is 17.6 Å². The molecule has 142 valence electrons. The first kappa shape index (κ1) is 22.1. The molecular weight excluding hydrogens is 392 g/mol. The predicted octanol–water partition coefficient (Wildman–Crippen LogP) is 1.91. The Morgan fingerprint density at radius 1 is 1.40 bits per heavy atom. The second-order valence-corrected chi connectivity index (χ2v) is 7.98. The summed E-state index contributed by atoms with van der Waals surface area (Å²) < 4.78 is 41.0. The molecule has 0 spiro atoms. The Labute approximate surface area is 158 Å². The summed E-state index contributed by atoms with van der Waals surface area (Å²) in [5.41, 5.74) is 5.32. The van der Waals surface area contributed by atoms with Crippen molar-refractivity contribution in [3.63, 3.8) is 0 Å². The van der Waals surface area contributed by atoms with Crippen LogP contribution in [-0.4, -0.2) is 44.3 Å². The van der Waals surface area contributed by atoms with Gasteiger partial charge in [0.2, 0.25) is 15.9 Å². The van der Waals surface area contributed by atoms with Crippen LogP contribution in [0.5, 0.6) is 0 Å². The van der Waals surface area contributed by atoms with E-state index in [4.69, 9.17) is 17.3 Å². The Hall–Kier alpha value is -0.930. The van der Waals surface area contributed by atoms with Gasteiger partial charge in [0.05, 0.1) is 0 Å². The van der Waals surface area contributed by atoms with Crippen molar-refractivity contribution >= 4 is 39.9 Å². The molecule has 1 heterocycles. The molecule has 1 saturated heterocycles. The fourth-order valence-corrected chi connectivity index (χ4v) is 4.66. The summed E-state index contributed by atoms with van der Waals surface area (Å²) in [5.74, 6) is -1.10. The maximum absolute atomic E-state index is 14.1. The maximum Gasteiger partial charge on any atom is 0.246 e. The summed E-state index contributed by atoms with van der Waals surface area (Å²) in [6, 6.07) is 3.10. The van der Waals surface area contributed by atoms with Crippen LogP contribution < -0.4 is 11.1 Å². The Morgan fingerprint density at radius 2 is 2.12 bits per heavy atom. The van der Waals surface area contributed by atoms with Gasteiger partial charge in [-0.15, -0.1) is 12.4 Å². The minimum absolute atomic E-state index is 0. The van der Waals surface area contributed by atoms with Crippen LogP contribution in [0.15, 0.2) is 23.1 Å². The number of nitrogens with one attached hydrogen (secondary N) is 1. The molecule has 2 rings (SSSR count). The molecule has 0 saturated carbocycles. The Morgan fingerprint density at radius 3 is 2.76 bits per heavy atom. The third-order valence-corrected chi connectivity index (χ3v) is 6.18. The van der Waals surface area contributed by atoms with Crippen LogP contribution in [0.25, 0.3) is 0 Å². The highest BCUT2D eigenvalue weighted by Gasteiger charge is 2.35. The van der Waals surface area contributed by atoms with Crippen molar-refractivity contribution in [1.82, 2.24) is 9.62 Å². The minimum atomic E-state index is -4.00. The largest absolute Gasteiger partial charge is 0.354 e. The van der Waals surface area contributed by atoms with Crippen molar-refractivity contribution in [3.05, 3.63) is 29.0 Å². The lowest BCUT2D eigenvalue weighted by atomic mass is 10.1. The first-order valence-corrected chi connectivity index (χ1v) is 9.61. The normalized spacial score (nSPS) is 18.4. The second-order valence-electron chi connectivity index (χ2n) is 5.68. The van der Waals surface area contributed by atoms with Gasteiger partial charge in [-0.3, -0.25) is 4.79 Å². The molecule has 1 aromatic carbocycles. The molecule has 1 atom stereocenters. The average molecular weight is 414 g/mol. The van der Waals surface area contributed by atoms with E-state index in [0.29, 0.717) is 19.4 Å². The number of hydrogen-bond donors (Lipinski definition) is 2. The number of nitrogens with zero attached hydrogens (tertiary/aromatic N) is 1. The molecule has 3 N–H and O–H groups in total. The fourth-order valence-electron chi connectivity index (χ4n) is 2.76. The number of carbonyl (C=O) groups is 1. The number of piperidine rings is 1. The van der Waals surface area contributed by atoms with Gasteiger partial charge in [-0.25, -0.2) is 12.8 Å². The van der Waals surface area contributed by atoms with E-state index in [1.54, 1.807) is 0 Å². The lowest BCUT2D eigenvalue weighted by molar-refractivity contribution is -0.121. The molecule has 0 aromatic heterocycles. The van der Waals surface area contributed by atoms with Crippen molar-refractivity contribution in [2.75, 3.05) is 19.6 Å². The first-order valence-electron chi connectivity index (χ1n) is 7.80. The maximum atomic E-state index is 14.1. The average Bonchev–Trinajstić information content (AvgIpc) is 2.53. The van der Waals surface area contributed by atoms with E-state index >= 15 is 0 Å². The zero-order chi connectivity index (χ0) is 17.7. The standard InChI is InChI=1S/C15H21ClFN3O3S.ClH/c16-11-4-5-14(13(17)9-11)24(22,23)20-8-2-1-3-12(20)10-19-15(21)6-7-18;/h4-5,9,12H,1-3,6-8,10,18H2,(H,19,21);1H. The van der Waals surface area contributed by atoms with Crippen LogP contribution >= 0.6 is 24.0 Å². The van der Waals surface area contributed by atoms with E-state index in [1.165, 1.54) is 16.4 Å². The highest BCUT2D eigenvalue weighted by molar-refractivity contribution is 7.89. The third-order valence-electron chi connectivity index (χ3n) is 3.96. The van der Waals surface area contributed by atoms with Crippen LogP contribution in [0.3, 0.4) is 0 Å². The van der Waals surface area contributed by atoms with Crippen molar-refractivity contribution in [1.29, 1.82) is 0 Å². The smallest absolute Gasteiger partial charge is 0.246 e. The number of halogens is 3. The Bertz CT molecular complexity index is 703. The highest BCUT2D eigenvalue weighted by atomic mass is 35.5. The van der Waals surface area contributed by atoms with Gasteiger partial charge in [-0.1, -0.05) is 18.0 Å². The zero-order valence-corrected chi connectivity index (χ0v) is 16.0. The van der Waals surface area contributed by atoms with Gasteiger partial charge in [0, 0.05) is 37.1 Å². The quantitative estimate of drug-likeness (QED) is 0.744. The Balaban J connectivity index is 0.00000312. The molecule has 1 unspecified atom stereocenters. The van der Waals surface area contributed by atoms with Crippen LogP contribution in [0.1, 0.15) is 25.7 Å². The molecule has 25 heavy (non-hydrogen) atoms. The first-order chi connectivity index (χ1) is 11.4. The van der Waals surface area contributed by atoms with Crippen LogP contribution in [0, 0.1) is 5.82 Å². The molecule has 10 heteroatoms. The summed E-state index contributed by atoms with van der Waals surface area (Å²) in [4.78, 5) is 11.2. The van der Waals surface area contributed by atoms with Crippen molar-refractivity contribution in [3.8, 4) is 0 Å². The topological polar surface area (TPSA) is 92.5 Å². The lowest BCUT2D eigenvalue weighted by Gasteiger charge is -2.34. The predicted molar refractivity (Wildman–Crippen MR) is 96.9 cm³/mol. The molecule has 1 aliphatic rings. The molecule has 6 nitrogen and oxygen atoms in total. The van der Waals surface area contributed by atoms with Crippen LogP contribution in [0.2, 0.25) is 5.02 Å². The van der Waals surface area contributed by atoms with Gasteiger partial charge < -0.3 is 11.1 Å². The second kappa shape index (κ2) is 9.68. The fraction of sp³-hybridized carbons (Fsp3) is 0.533. The number of hydrogen-bond acceptors (Lipinski definition) is 4. The Kier molecular flexibility index (Phi) is 8.56. The van der Waals surface area contributed by atoms with Gasteiger partial charge in [-0.05, 0) is 31.0 Å². The van der Waals surface area contributed by atoms with E-state index in [2.05, 4.69) is 5.32 Å². The monoisotopic (exact) mass is 413 g/mol. The van der Waals surface area contributed by atoms with Gasteiger partial charge in [-0.2, -0.15) is 4.31 Å². The van der Waals surface area contributed by atoms with Crippen molar-refractivity contribution in [2.24, 2.45) is 5.73 Å². The van der Waals surface area contributed by atoms with Crippen LogP contribution in [0.4, 0.5) is 4.39 Å². The number of nitrogens with two attached hydrogens (primary N) is 1. The van der Waals surface area contributed by atoms with E-state index < -0.39 is 26.8 Å². The zero-order valence-electron chi connectivity index (χ0n) is 13.6. The third kappa shape index (κ3) is 5.52. The SMILES string of the molecule is Cl.NCCC(=O)NCC1CCCCN1S(=O)(=O)c1ccc(Cl)cc1F. The van der Waals surface area contributed by atoms with Gasteiger partial charge >= 0.3 is 0 Å². The molecule has 1 amide bonds. The lowest BCUT2D eigenvalue weighted by Crippen LogP contribution is -2.49. The van der Waals surface area contributed by atoms with Crippen molar-refractivity contribution in [2.45, 2.75) is 36.6 Å². The number of sulfonamides is 1. The van der Waals surface area contributed by atoms with Gasteiger partial charge in [0.15, 0.2) is 0 Å². The van der Waals surface area contributed by atoms with Crippen LogP contribution in [-0.2, 0) is 14.8 Å². The number of benzene rings is 1. The summed E-state index contributed by atoms with van der Waals surface area (Å²) in [7, 11) is -4.00. The van der Waals surface area contributed by atoms with Crippen molar-refractivity contribution < 1.29 is 17.6 Å². The van der Waals surface area contributed by atoms with Gasteiger partial charge in [0.1, 0.15) is 10.7 Å². The molecule has 1 aliphatic heterocycles. The molecule has 0 aliphatic carbocycles. The number of rotatable bonds is 6. The summed E-state index contributed by atoms with van der Waals surface area (Å²) in [5, 5.41) is 2.83. The minimum Gasteiger partial charge on any atom is -0.354 e. The molecular formula is C15H22Cl2FN3O3S. The van der Waals surface area contributed by atoms with E-state index in [0.717, 1.165) is 12.5 Å². The number of amides is 1. The summed E-state index contributed by atoms with van der Waals surface area (Å²) >= 11 is 5.69. The summed E-state index contributed by atoms with van der Waals surface area (Å²) in [6.45, 7) is 0.712. The molecule has 1 fully saturated rings. The van der Waals surface area contributed by atoms with Gasteiger partial charge in [0.25, 0.3) is 0 Å². The van der Waals surface area contributed by atoms with E-state index in [1.807, 2.05) is 0 Å².